The average molecular weight is 332 g/mol. The number of anilines is 1. The summed E-state index contributed by atoms with van der Waals surface area (Å²) in [6, 6.07) is -0.120. The number of nitrogens with zero attached hydrogens (tertiary/aromatic N) is 2. The van der Waals surface area contributed by atoms with Crippen molar-refractivity contribution in [3.8, 4) is 0 Å². The van der Waals surface area contributed by atoms with Gasteiger partial charge in [0.2, 0.25) is 0 Å². The first-order valence-electron chi connectivity index (χ1n) is 5.96. The minimum Gasteiger partial charge on any atom is -0.327 e. The Balaban J connectivity index is 2.12. The van der Waals surface area contributed by atoms with Crippen molar-refractivity contribution in [3.63, 3.8) is 0 Å². The molecule has 0 radical (unpaired) electrons. The fourth-order valence-electron chi connectivity index (χ4n) is 1.58. The van der Waals surface area contributed by atoms with Crippen LogP contribution in [0.4, 0.5) is 23.7 Å². The summed E-state index contributed by atoms with van der Waals surface area (Å²) in [7, 11) is 1.44. The number of hydrogen-bond donors (Lipinski definition) is 2. The van der Waals surface area contributed by atoms with Gasteiger partial charge in [-0.25, -0.2) is 9.78 Å². The smallest absolute Gasteiger partial charge is 0.327 e. The predicted octanol–water partition coefficient (Wildman–Crippen LogP) is 2.51. The van der Waals surface area contributed by atoms with Gasteiger partial charge >= 0.3 is 12.2 Å². The average Bonchev–Trinajstić information content (AvgIpc) is 2.92. The van der Waals surface area contributed by atoms with Crippen molar-refractivity contribution in [1.29, 1.82) is 0 Å². The second-order valence-electron chi connectivity index (χ2n) is 4.39. The maximum atomic E-state index is 12.6. The predicted molar refractivity (Wildman–Crippen MR) is 74.7 cm³/mol. The Morgan fingerprint density at radius 2 is 2.23 bits per heavy atom. The number of halogens is 3. The van der Waals surface area contributed by atoms with Crippen LogP contribution in [0.3, 0.4) is 0 Å². The highest BCUT2D eigenvalue weighted by atomic mass is 32.1. The Hall–Kier alpha value is -2.36. The summed E-state index contributed by atoms with van der Waals surface area (Å²) in [6.45, 7) is 0.173. The molecule has 0 saturated carbocycles. The van der Waals surface area contributed by atoms with Gasteiger partial charge in [-0.05, 0) is 6.07 Å². The number of urea groups is 1. The molecule has 2 N–H and O–H groups in total. The maximum absolute atomic E-state index is 12.6. The lowest BCUT2D eigenvalue weighted by molar-refractivity contribution is -0.137. The third-order valence-corrected chi connectivity index (χ3v) is 3.34. The molecule has 0 saturated heterocycles. The number of nitrogens with one attached hydrogen (secondary N) is 2. The molecule has 6 nitrogen and oxygen atoms in total. The number of carbonyl (C=O) groups is 1. The number of alkyl halides is 3. The minimum atomic E-state index is -4.61. The lowest BCUT2D eigenvalue weighted by Gasteiger charge is -2.17. The van der Waals surface area contributed by atoms with Crippen molar-refractivity contribution >= 4 is 23.1 Å². The number of aromatic amines is 1. The first-order chi connectivity index (χ1) is 10.3. The quantitative estimate of drug-likeness (QED) is 0.906. The largest absolute Gasteiger partial charge is 0.417 e. The molecular weight excluding hydrogens is 321 g/mol. The zero-order valence-electron chi connectivity index (χ0n) is 11.3. The Kier molecular flexibility index (Phi) is 4.50. The molecule has 2 heterocycles. The highest BCUT2D eigenvalue weighted by molar-refractivity contribution is 7.07. The summed E-state index contributed by atoms with van der Waals surface area (Å²) in [5.41, 5.74) is -0.1000. The van der Waals surface area contributed by atoms with Gasteiger partial charge < -0.3 is 15.2 Å². The molecule has 2 rings (SSSR count). The van der Waals surface area contributed by atoms with Crippen molar-refractivity contribution in [2.75, 3.05) is 12.4 Å². The molecular formula is C12H11F3N4O2S. The standard InChI is InChI=1S/C12H11F3N4O2S/c1-19(4-8-5-22-6-17-8)11(21)18-9-2-7(12(13,14)15)3-16-10(9)20/h2-3,5-6H,4H2,1H3,(H,16,20)(H,18,21). The zero-order chi connectivity index (χ0) is 16.3. The van der Waals surface area contributed by atoms with E-state index in [4.69, 9.17) is 0 Å². The third kappa shape index (κ3) is 3.85. The molecule has 2 aromatic heterocycles. The number of H-pyrrole nitrogens is 1. The first kappa shape index (κ1) is 16.0. The second kappa shape index (κ2) is 6.18. The summed E-state index contributed by atoms with van der Waals surface area (Å²) in [6.07, 6.45) is -4.06. The molecule has 2 aromatic rings. The van der Waals surface area contributed by atoms with E-state index in [-0.39, 0.29) is 6.54 Å². The Bertz CT molecular complexity index is 712. The van der Waals surface area contributed by atoms with Crippen LogP contribution in [0.15, 0.2) is 27.9 Å². The lowest BCUT2D eigenvalue weighted by Crippen LogP contribution is -2.33. The molecule has 0 atom stereocenters. The van der Waals surface area contributed by atoms with Crippen molar-refractivity contribution in [2.45, 2.75) is 12.7 Å². The van der Waals surface area contributed by atoms with Crippen LogP contribution in [0.1, 0.15) is 11.3 Å². The van der Waals surface area contributed by atoms with E-state index in [1.165, 1.54) is 23.3 Å². The second-order valence-corrected chi connectivity index (χ2v) is 5.11. The molecule has 0 spiro atoms. The van der Waals surface area contributed by atoms with E-state index in [1.807, 2.05) is 4.98 Å². The van der Waals surface area contributed by atoms with Crippen LogP contribution in [0.25, 0.3) is 0 Å². The fourth-order valence-corrected chi connectivity index (χ4v) is 2.13. The summed E-state index contributed by atoms with van der Waals surface area (Å²) >= 11 is 1.35. The summed E-state index contributed by atoms with van der Waals surface area (Å²) in [5, 5.41) is 3.89. The minimum absolute atomic E-state index is 0.173. The topological polar surface area (TPSA) is 78.1 Å². The molecule has 0 aliphatic heterocycles. The molecule has 22 heavy (non-hydrogen) atoms. The van der Waals surface area contributed by atoms with E-state index in [2.05, 4.69) is 10.3 Å². The van der Waals surface area contributed by atoms with Crippen LogP contribution in [-0.4, -0.2) is 27.9 Å². The van der Waals surface area contributed by atoms with E-state index >= 15 is 0 Å². The number of amides is 2. The number of pyridine rings is 1. The molecule has 0 aliphatic carbocycles. The lowest BCUT2D eigenvalue weighted by atomic mass is 10.2. The van der Waals surface area contributed by atoms with Crippen LogP contribution >= 0.6 is 11.3 Å². The molecule has 0 aromatic carbocycles. The van der Waals surface area contributed by atoms with E-state index in [1.54, 1.807) is 10.9 Å². The molecule has 0 unspecified atom stereocenters. The number of thiazole rings is 1. The SMILES string of the molecule is CN(Cc1cscn1)C(=O)Nc1cc(C(F)(F)F)c[nH]c1=O. The fraction of sp³-hybridized carbons (Fsp3) is 0.250. The van der Waals surface area contributed by atoms with E-state index in [0.717, 1.165) is 0 Å². The van der Waals surface area contributed by atoms with E-state index < -0.39 is 29.0 Å². The van der Waals surface area contributed by atoms with Gasteiger partial charge in [-0.2, -0.15) is 13.2 Å². The number of carbonyl (C=O) groups excluding carboxylic acids is 1. The Labute approximate surface area is 126 Å². The first-order valence-corrected chi connectivity index (χ1v) is 6.91. The van der Waals surface area contributed by atoms with Crippen molar-refractivity contribution in [1.82, 2.24) is 14.9 Å². The number of hydrogen-bond acceptors (Lipinski definition) is 4. The maximum Gasteiger partial charge on any atom is 0.417 e. The van der Waals surface area contributed by atoms with Crippen molar-refractivity contribution < 1.29 is 18.0 Å². The summed E-state index contributed by atoms with van der Waals surface area (Å²) < 4.78 is 37.8. The van der Waals surface area contributed by atoms with Crippen molar-refractivity contribution in [3.05, 3.63) is 44.8 Å². The molecule has 2 amide bonds. The van der Waals surface area contributed by atoms with E-state index in [9.17, 15) is 22.8 Å². The summed E-state index contributed by atoms with van der Waals surface area (Å²) in [4.78, 5) is 30.6. The van der Waals surface area contributed by atoms with Gasteiger partial charge in [0.05, 0.1) is 23.3 Å². The zero-order valence-corrected chi connectivity index (χ0v) is 12.1. The van der Waals surface area contributed by atoms with Crippen LogP contribution in [0.5, 0.6) is 0 Å². The van der Waals surface area contributed by atoms with Gasteiger partial charge in [0.25, 0.3) is 5.56 Å². The molecule has 10 heteroatoms. The third-order valence-electron chi connectivity index (χ3n) is 2.70. The van der Waals surface area contributed by atoms with Crippen LogP contribution in [0, 0.1) is 0 Å². The van der Waals surface area contributed by atoms with Crippen LogP contribution in [0.2, 0.25) is 0 Å². The molecule has 0 fully saturated rings. The van der Waals surface area contributed by atoms with E-state index in [0.29, 0.717) is 18.0 Å². The van der Waals surface area contributed by atoms with Gasteiger partial charge in [0.1, 0.15) is 5.69 Å². The van der Waals surface area contributed by atoms with Gasteiger partial charge in [-0.15, -0.1) is 11.3 Å². The van der Waals surface area contributed by atoms with Crippen molar-refractivity contribution in [2.24, 2.45) is 0 Å². The highest BCUT2D eigenvalue weighted by Crippen LogP contribution is 2.29. The Morgan fingerprint density at radius 3 is 2.82 bits per heavy atom. The van der Waals surface area contributed by atoms with Gasteiger partial charge in [-0.3, -0.25) is 4.79 Å². The number of rotatable bonds is 3. The van der Waals surface area contributed by atoms with Gasteiger partial charge in [0, 0.05) is 18.6 Å². The number of aromatic nitrogens is 2. The highest BCUT2D eigenvalue weighted by Gasteiger charge is 2.31. The molecule has 0 aliphatic rings. The van der Waals surface area contributed by atoms with Gasteiger partial charge in [0.15, 0.2) is 0 Å². The summed E-state index contributed by atoms with van der Waals surface area (Å²) in [5.74, 6) is 0. The van der Waals surface area contributed by atoms with Gasteiger partial charge in [-0.1, -0.05) is 0 Å². The van der Waals surface area contributed by atoms with Crippen LogP contribution < -0.4 is 10.9 Å². The Morgan fingerprint density at radius 1 is 1.50 bits per heavy atom. The van der Waals surface area contributed by atoms with Crippen LogP contribution in [-0.2, 0) is 12.7 Å². The molecule has 118 valence electrons. The monoisotopic (exact) mass is 332 g/mol. The normalized spacial score (nSPS) is 11.3. The molecule has 0 bridgehead atoms.